The maximum Gasteiger partial charge on any atom is 0.136 e. The first-order valence-corrected chi connectivity index (χ1v) is 5.46. The Morgan fingerprint density at radius 2 is 2.14 bits per heavy atom. The van der Waals surface area contributed by atoms with E-state index in [9.17, 15) is 0 Å². The summed E-state index contributed by atoms with van der Waals surface area (Å²) in [4.78, 5) is 0. The number of hydrogen-bond acceptors (Lipinski definition) is 2. The molecule has 0 aromatic heterocycles. The summed E-state index contributed by atoms with van der Waals surface area (Å²) < 4.78 is 11.8. The number of hydrogen-bond donors (Lipinski definition) is 0. The molecule has 0 N–H and O–H groups in total. The van der Waals surface area contributed by atoms with Crippen LogP contribution in [0.2, 0.25) is 0 Å². The molecule has 0 aliphatic carbocycles. The maximum absolute atomic E-state index is 5.66. The molecule has 1 aromatic rings. The van der Waals surface area contributed by atoms with E-state index in [1.165, 1.54) is 0 Å². The zero-order chi connectivity index (χ0) is 10.6. The lowest BCUT2D eigenvalue weighted by Crippen LogP contribution is -2.09. The van der Waals surface area contributed by atoms with Gasteiger partial charge in [0.15, 0.2) is 0 Å². The molecule has 14 heavy (non-hydrogen) atoms. The SMILES string of the molecule is CC[C@H](C)Oc1ccc(Br)c(OC)c1. The van der Waals surface area contributed by atoms with E-state index in [1.807, 2.05) is 18.2 Å². The van der Waals surface area contributed by atoms with E-state index in [1.54, 1.807) is 7.11 Å². The van der Waals surface area contributed by atoms with Gasteiger partial charge in [-0.3, -0.25) is 0 Å². The van der Waals surface area contributed by atoms with Crippen LogP contribution in [0, 0.1) is 0 Å². The van der Waals surface area contributed by atoms with E-state index in [4.69, 9.17) is 9.47 Å². The minimum absolute atomic E-state index is 0.237. The van der Waals surface area contributed by atoms with Gasteiger partial charge in [0, 0.05) is 6.07 Å². The highest BCUT2D eigenvalue weighted by atomic mass is 79.9. The van der Waals surface area contributed by atoms with Crippen molar-refractivity contribution in [1.82, 2.24) is 0 Å². The van der Waals surface area contributed by atoms with Gasteiger partial charge in [-0.2, -0.15) is 0 Å². The second-order valence-corrected chi connectivity index (χ2v) is 3.99. The molecule has 0 aliphatic rings. The summed E-state index contributed by atoms with van der Waals surface area (Å²) in [6.07, 6.45) is 1.24. The first-order chi connectivity index (χ1) is 6.67. The van der Waals surface area contributed by atoms with Crippen LogP contribution in [0.1, 0.15) is 20.3 Å². The quantitative estimate of drug-likeness (QED) is 0.821. The topological polar surface area (TPSA) is 18.5 Å². The monoisotopic (exact) mass is 258 g/mol. The molecule has 0 heterocycles. The third-order valence-electron chi connectivity index (χ3n) is 2.03. The van der Waals surface area contributed by atoms with Crippen molar-refractivity contribution in [2.45, 2.75) is 26.4 Å². The highest BCUT2D eigenvalue weighted by molar-refractivity contribution is 9.10. The molecule has 1 aromatic carbocycles. The molecule has 0 radical (unpaired) electrons. The van der Waals surface area contributed by atoms with Crippen molar-refractivity contribution in [3.8, 4) is 11.5 Å². The molecule has 0 bridgehead atoms. The van der Waals surface area contributed by atoms with Crippen molar-refractivity contribution in [3.05, 3.63) is 22.7 Å². The summed E-state index contributed by atoms with van der Waals surface area (Å²) in [7, 11) is 1.65. The Kier molecular flexibility index (Phi) is 4.26. The standard InChI is InChI=1S/C11H15BrO2/c1-4-8(2)14-9-5-6-10(12)11(7-9)13-3/h5-8H,4H2,1-3H3/t8-/m0/s1. The fourth-order valence-electron chi connectivity index (χ4n) is 1.03. The lowest BCUT2D eigenvalue weighted by molar-refractivity contribution is 0.216. The second kappa shape index (κ2) is 5.25. The zero-order valence-electron chi connectivity index (χ0n) is 8.71. The highest BCUT2D eigenvalue weighted by Crippen LogP contribution is 2.29. The fraction of sp³-hybridized carbons (Fsp3) is 0.455. The van der Waals surface area contributed by atoms with Crippen LogP contribution in [-0.4, -0.2) is 13.2 Å². The smallest absolute Gasteiger partial charge is 0.136 e. The third-order valence-corrected chi connectivity index (χ3v) is 2.69. The summed E-state index contributed by atoms with van der Waals surface area (Å²) in [6, 6.07) is 5.74. The van der Waals surface area contributed by atoms with Crippen molar-refractivity contribution in [2.75, 3.05) is 7.11 Å². The Bertz CT molecular complexity index is 299. The number of methoxy groups -OCH3 is 1. The van der Waals surface area contributed by atoms with Gasteiger partial charge in [-0.15, -0.1) is 0 Å². The van der Waals surface area contributed by atoms with Gasteiger partial charge in [-0.25, -0.2) is 0 Å². The Labute approximate surface area is 93.4 Å². The minimum atomic E-state index is 0.237. The Morgan fingerprint density at radius 1 is 1.43 bits per heavy atom. The number of ether oxygens (including phenoxy) is 2. The Hall–Kier alpha value is -0.700. The highest BCUT2D eigenvalue weighted by Gasteiger charge is 2.04. The van der Waals surface area contributed by atoms with Crippen LogP contribution < -0.4 is 9.47 Å². The van der Waals surface area contributed by atoms with E-state index >= 15 is 0 Å². The first kappa shape index (κ1) is 11.4. The van der Waals surface area contributed by atoms with E-state index in [0.717, 1.165) is 22.4 Å². The van der Waals surface area contributed by atoms with Gasteiger partial charge >= 0.3 is 0 Å². The lowest BCUT2D eigenvalue weighted by Gasteiger charge is -2.13. The summed E-state index contributed by atoms with van der Waals surface area (Å²) in [5.41, 5.74) is 0. The summed E-state index contributed by atoms with van der Waals surface area (Å²) >= 11 is 3.39. The van der Waals surface area contributed by atoms with Crippen molar-refractivity contribution >= 4 is 15.9 Å². The van der Waals surface area contributed by atoms with Gasteiger partial charge in [-0.1, -0.05) is 6.92 Å². The molecule has 0 saturated heterocycles. The van der Waals surface area contributed by atoms with Gasteiger partial charge in [0.1, 0.15) is 11.5 Å². The molecule has 1 atom stereocenters. The minimum Gasteiger partial charge on any atom is -0.495 e. The van der Waals surface area contributed by atoms with Gasteiger partial charge in [0.2, 0.25) is 0 Å². The lowest BCUT2D eigenvalue weighted by atomic mass is 10.3. The summed E-state index contributed by atoms with van der Waals surface area (Å²) in [6.45, 7) is 4.15. The van der Waals surface area contributed by atoms with Crippen molar-refractivity contribution < 1.29 is 9.47 Å². The van der Waals surface area contributed by atoms with Crippen LogP contribution in [0.25, 0.3) is 0 Å². The van der Waals surface area contributed by atoms with Crippen molar-refractivity contribution in [1.29, 1.82) is 0 Å². The van der Waals surface area contributed by atoms with E-state index in [2.05, 4.69) is 29.8 Å². The second-order valence-electron chi connectivity index (χ2n) is 3.13. The normalized spacial score (nSPS) is 12.3. The molecule has 0 amide bonds. The van der Waals surface area contributed by atoms with Gasteiger partial charge in [0.25, 0.3) is 0 Å². The van der Waals surface area contributed by atoms with Gasteiger partial charge < -0.3 is 9.47 Å². The van der Waals surface area contributed by atoms with Crippen LogP contribution in [0.15, 0.2) is 22.7 Å². The van der Waals surface area contributed by atoms with Crippen molar-refractivity contribution in [2.24, 2.45) is 0 Å². The molecule has 3 heteroatoms. The molecular weight excluding hydrogens is 244 g/mol. The molecule has 0 aliphatic heterocycles. The average Bonchev–Trinajstić information content (AvgIpc) is 2.20. The van der Waals surface area contributed by atoms with Crippen LogP contribution in [-0.2, 0) is 0 Å². The van der Waals surface area contributed by atoms with Crippen LogP contribution in [0.4, 0.5) is 0 Å². The van der Waals surface area contributed by atoms with Crippen LogP contribution in [0.3, 0.4) is 0 Å². The van der Waals surface area contributed by atoms with Crippen LogP contribution >= 0.6 is 15.9 Å². The van der Waals surface area contributed by atoms with E-state index in [0.29, 0.717) is 0 Å². The van der Waals surface area contributed by atoms with Crippen molar-refractivity contribution in [3.63, 3.8) is 0 Å². The molecule has 0 fully saturated rings. The molecule has 2 nitrogen and oxygen atoms in total. The average molecular weight is 259 g/mol. The van der Waals surface area contributed by atoms with Gasteiger partial charge in [0.05, 0.1) is 17.7 Å². The number of benzene rings is 1. The summed E-state index contributed by atoms with van der Waals surface area (Å²) in [5, 5.41) is 0. The Balaban J connectivity index is 2.79. The first-order valence-electron chi connectivity index (χ1n) is 4.67. The Morgan fingerprint density at radius 3 is 2.71 bits per heavy atom. The predicted octanol–water partition coefficient (Wildman–Crippen LogP) is 3.64. The molecule has 1 rings (SSSR count). The zero-order valence-corrected chi connectivity index (χ0v) is 10.3. The summed E-state index contributed by atoms with van der Waals surface area (Å²) in [5.74, 6) is 1.64. The van der Waals surface area contributed by atoms with E-state index < -0.39 is 0 Å². The molecule has 0 spiro atoms. The molecular formula is C11H15BrO2. The largest absolute Gasteiger partial charge is 0.495 e. The third kappa shape index (κ3) is 2.91. The maximum atomic E-state index is 5.66. The van der Waals surface area contributed by atoms with E-state index in [-0.39, 0.29) is 6.10 Å². The van der Waals surface area contributed by atoms with Gasteiger partial charge in [-0.05, 0) is 41.4 Å². The predicted molar refractivity (Wildman–Crippen MR) is 61.1 cm³/mol. The fourth-order valence-corrected chi connectivity index (χ4v) is 1.44. The van der Waals surface area contributed by atoms with Crippen LogP contribution in [0.5, 0.6) is 11.5 Å². The molecule has 0 unspecified atom stereocenters. The number of halogens is 1. The number of rotatable bonds is 4. The molecule has 0 saturated carbocycles. The molecule has 78 valence electrons.